The van der Waals surface area contributed by atoms with Gasteiger partial charge in [-0.1, -0.05) is 11.2 Å². The lowest BCUT2D eigenvalue weighted by Crippen LogP contribution is -2.26. The highest BCUT2D eigenvalue weighted by Gasteiger charge is 2.37. The third kappa shape index (κ3) is 2.58. The minimum atomic E-state index is -0.0856. The van der Waals surface area contributed by atoms with Gasteiger partial charge in [-0.15, -0.1) is 0 Å². The largest absolute Gasteiger partial charge is 0.380 e. The molecule has 2 aromatic heterocycles. The SMILES string of the molecule is CO[C@@H]1C[C@H](c2nc(C)no2)N(c2cccc(C#N)n2)C1. The van der Waals surface area contributed by atoms with Gasteiger partial charge in [0.25, 0.3) is 0 Å². The Morgan fingerprint density at radius 1 is 1.43 bits per heavy atom. The van der Waals surface area contributed by atoms with Gasteiger partial charge in [0.1, 0.15) is 23.6 Å². The number of aromatic nitrogens is 3. The summed E-state index contributed by atoms with van der Waals surface area (Å²) in [6, 6.07) is 7.34. The number of methoxy groups -OCH3 is 1. The van der Waals surface area contributed by atoms with Gasteiger partial charge in [-0.3, -0.25) is 0 Å². The van der Waals surface area contributed by atoms with Gasteiger partial charge in [0, 0.05) is 20.1 Å². The molecule has 108 valence electrons. The van der Waals surface area contributed by atoms with Crippen LogP contribution >= 0.6 is 0 Å². The Bertz CT molecular complexity index is 678. The lowest BCUT2D eigenvalue weighted by Gasteiger charge is -2.22. The fourth-order valence-electron chi connectivity index (χ4n) is 2.55. The number of pyridine rings is 1. The van der Waals surface area contributed by atoms with E-state index in [1.54, 1.807) is 20.1 Å². The molecule has 7 nitrogen and oxygen atoms in total. The van der Waals surface area contributed by atoms with Crippen molar-refractivity contribution in [2.75, 3.05) is 18.6 Å². The van der Waals surface area contributed by atoms with Crippen molar-refractivity contribution in [3.63, 3.8) is 0 Å². The van der Waals surface area contributed by atoms with Gasteiger partial charge in [-0.2, -0.15) is 10.2 Å². The highest BCUT2D eigenvalue weighted by Crippen LogP contribution is 2.35. The number of rotatable bonds is 3. The van der Waals surface area contributed by atoms with E-state index in [0.717, 1.165) is 12.2 Å². The highest BCUT2D eigenvalue weighted by atomic mass is 16.5. The summed E-state index contributed by atoms with van der Waals surface area (Å²) in [5.74, 6) is 1.87. The minimum Gasteiger partial charge on any atom is -0.380 e. The van der Waals surface area contributed by atoms with E-state index >= 15 is 0 Å². The van der Waals surface area contributed by atoms with Crippen LogP contribution in [0, 0.1) is 18.3 Å². The van der Waals surface area contributed by atoms with Crippen LogP contribution in [-0.2, 0) is 4.74 Å². The van der Waals surface area contributed by atoms with Gasteiger partial charge in [0.15, 0.2) is 5.82 Å². The number of ether oxygens (including phenoxy) is 1. The van der Waals surface area contributed by atoms with E-state index in [9.17, 15) is 0 Å². The van der Waals surface area contributed by atoms with Crippen molar-refractivity contribution < 1.29 is 9.26 Å². The monoisotopic (exact) mass is 285 g/mol. The molecule has 1 aliphatic heterocycles. The van der Waals surface area contributed by atoms with Crippen molar-refractivity contribution in [3.8, 4) is 6.07 Å². The summed E-state index contributed by atoms with van der Waals surface area (Å²) in [5.41, 5.74) is 0.383. The second-order valence-corrected chi connectivity index (χ2v) is 4.93. The maximum absolute atomic E-state index is 8.99. The second-order valence-electron chi connectivity index (χ2n) is 4.93. The Morgan fingerprint density at radius 3 is 2.95 bits per heavy atom. The number of nitriles is 1. The quantitative estimate of drug-likeness (QED) is 0.846. The Morgan fingerprint density at radius 2 is 2.29 bits per heavy atom. The molecule has 0 unspecified atom stereocenters. The summed E-state index contributed by atoms with van der Waals surface area (Å²) >= 11 is 0. The zero-order chi connectivity index (χ0) is 14.8. The Kier molecular flexibility index (Phi) is 3.54. The topological polar surface area (TPSA) is 88.1 Å². The van der Waals surface area contributed by atoms with Crippen molar-refractivity contribution in [1.82, 2.24) is 15.1 Å². The summed E-state index contributed by atoms with van der Waals surface area (Å²) < 4.78 is 10.8. The number of hydrogen-bond donors (Lipinski definition) is 0. The molecule has 0 aromatic carbocycles. The molecule has 0 bridgehead atoms. The predicted octanol–water partition coefficient (Wildman–Crippen LogP) is 1.61. The van der Waals surface area contributed by atoms with E-state index in [0.29, 0.717) is 24.0 Å². The average Bonchev–Trinajstić information content (AvgIpc) is 3.13. The van der Waals surface area contributed by atoms with Crippen molar-refractivity contribution in [2.45, 2.75) is 25.5 Å². The molecule has 3 heterocycles. The van der Waals surface area contributed by atoms with E-state index in [1.165, 1.54) is 0 Å². The van der Waals surface area contributed by atoms with Gasteiger partial charge in [-0.25, -0.2) is 4.98 Å². The normalized spacial score (nSPS) is 21.5. The van der Waals surface area contributed by atoms with Crippen LogP contribution in [0.2, 0.25) is 0 Å². The Balaban J connectivity index is 1.95. The van der Waals surface area contributed by atoms with Crippen molar-refractivity contribution in [2.24, 2.45) is 0 Å². The molecule has 2 aromatic rings. The number of aryl methyl sites for hydroxylation is 1. The van der Waals surface area contributed by atoms with E-state index in [-0.39, 0.29) is 12.1 Å². The molecule has 0 saturated carbocycles. The maximum Gasteiger partial charge on any atom is 0.249 e. The molecule has 3 rings (SSSR count). The molecule has 0 aliphatic carbocycles. The van der Waals surface area contributed by atoms with Crippen molar-refractivity contribution in [3.05, 3.63) is 35.6 Å². The molecule has 0 N–H and O–H groups in total. The van der Waals surface area contributed by atoms with Crippen LogP contribution in [0.5, 0.6) is 0 Å². The molecule has 2 atom stereocenters. The van der Waals surface area contributed by atoms with Gasteiger partial charge < -0.3 is 14.2 Å². The number of anilines is 1. The predicted molar refractivity (Wildman–Crippen MR) is 73.5 cm³/mol. The molecule has 0 amide bonds. The average molecular weight is 285 g/mol. The fraction of sp³-hybridized carbons (Fsp3) is 0.429. The molecule has 1 saturated heterocycles. The first-order valence-electron chi connectivity index (χ1n) is 6.68. The van der Waals surface area contributed by atoms with E-state index in [1.807, 2.05) is 17.0 Å². The second kappa shape index (κ2) is 5.50. The summed E-state index contributed by atoms with van der Waals surface area (Å²) in [6.45, 7) is 2.46. The zero-order valence-electron chi connectivity index (χ0n) is 11.9. The Hall–Kier alpha value is -2.46. The smallest absolute Gasteiger partial charge is 0.249 e. The molecular weight excluding hydrogens is 270 g/mol. The van der Waals surface area contributed by atoms with Crippen LogP contribution in [0.15, 0.2) is 22.7 Å². The Labute approximate surface area is 122 Å². The molecule has 0 radical (unpaired) electrons. The van der Waals surface area contributed by atoms with Gasteiger partial charge in [0.05, 0.1) is 6.10 Å². The van der Waals surface area contributed by atoms with Crippen LogP contribution in [0.1, 0.15) is 29.9 Å². The summed E-state index contributed by atoms with van der Waals surface area (Å²) in [5, 5.41) is 12.8. The van der Waals surface area contributed by atoms with Crippen molar-refractivity contribution in [1.29, 1.82) is 5.26 Å². The zero-order valence-corrected chi connectivity index (χ0v) is 11.9. The first kappa shape index (κ1) is 13.5. The molecule has 1 aliphatic rings. The van der Waals surface area contributed by atoms with Gasteiger partial charge in [-0.05, 0) is 19.1 Å². The third-order valence-corrected chi connectivity index (χ3v) is 3.57. The summed E-state index contributed by atoms with van der Waals surface area (Å²) in [6.07, 6.45) is 0.811. The minimum absolute atomic E-state index is 0.0646. The van der Waals surface area contributed by atoms with Crippen LogP contribution in [0.4, 0.5) is 5.82 Å². The molecule has 7 heteroatoms. The maximum atomic E-state index is 8.99. The van der Waals surface area contributed by atoms with Gasteiger partial charge >= 0.3 is 0 Å². The number of hydrogen-bond acceptors (Lipinski definition) is 7. The third-order valence-electron chi connectivity index (χ3n) is 3.57. The van der Waals surface area contributed by atoms with Gasteiger partial charge in [0.2, 0.25) is 5.89 Å². The van der Waals surface area contributed by atoms with Crippen LogP contribution in [0.3, 0.4) is 0 Å². The lowest BCUT2D eigenvalue weighted by atomic mass is 10.2. The van der Waals surface area contributed by atoms with Crippen LogP contribution < -0.4 is 4.90 Å². The van der Waals surface area contributed by atoms with E-state index in [4.69, 9.17) is 14.5 Å². The standard InChI is InChI=1S/C14H15N5O2/c1-9-16-14(21-18-9)12-6-11(20-2)8-19(12)13-5-3-4-10(7-15)17-13/h3-5,11-12H,6,8H2,1-2H3/t11-,12-/m1/s1. The van der Waals surface area contributed by atoms with Crippen LogP contribution in [-0.4, -0.2) is 34.9 Å². The lowest BCUT2D eigenvalue weighted by molar-refractivity contribution is 0.117. The molecular formula is C14H15N5O2. The first-order valence-corrected chi connectivity index (χ1v) is 6.68. The molecule has 0 spiro atoms. The molecule has 21 heavy (non-hydrogen) atoms. The fourth-order valence-corrected chi connectivity index (χ4v) is 2.55. The number of nitrogens with zero attached hydrogens (tertiary/aromatic N) is 5. The molecule has 1 fully saturated rings. The first-order chi connectivity index (χ1) is 10.2. The van der Waals surface area contributed by atoms with Crippen molar-refractivity contribution >= 4 is 5.82 Å². The van der Waals surface area contributed by atoms with E-state index < -0.39 is 0 Å². The summed E-state index contributed by atoms with van der Waals surface area (Å²) in [7, 11) is 1.68. The van der Waals surface area contributed by atoms with E-state index in [2.05, 4.69) is 21.2 Å². The highest BCUT2D eigenvalue weighted by molar-refractivity contribution is 5.45. The van der Waals surface area contributed by atoms with Crippen LogP contribution in [0.25, 0.3) is 0 Å². The summed E-state index contributed by atoms with van der Waals surface area (Å²) in [4.78, 5) is 10.7.